The molecule has 1 saturated heterocycles. The molecule has 0 spiro atoms. The van der Waals surface area contributed by atoms with Gasteiger partial charge in [0, 0.05) is 57.2 Å². The summed E-state index contributed by atoms with van der Waals surface area (Å²) in [6, 6.07) is 9.89. The topological polar surface area (TPSA) is 153 Å². The number of carbonyl (C=O) groups is 2. The van der Waals surface area contributed by atoms with Gasteiger partial charge >= 0.3 is 0 Å². The third-order valence-electron chi connectivity index (χ3n) is 8.31. The highest BCUT2D eigenvalue weighted by atomic mass is 16.5. The highest BCUT2D eigenvalue weighted by molar-refractivity contribution is 5.99. The highest BCUT2D eigenvalue weighted by Gasteiger charge is 2.32. The second-order valence-corrected chi connectivity index (χ2v) is 11.5. The number of fused-ring (bicyclic) bond motifs is 12. The number of nitrogens with one attached hydrogen (secondary N) is 2. The van der Waals surface area contributed by atoms with Crippen LogP contribution in [0.3, 0.4) is 0 Å². The molecule has 2 amide bonds. The van der Waals surface area contributed by atoms with Crippen LogP contribution in [-0.4, -0.2) is 111 Å². The summed E-state index contributed by atoms with van der Waals surface area (Å²) in [5.41, 5.74) is 2.55. The predicted octanol–water partition coefficient (Wildman–Crippen LogP) is 1.88. The number of benzene rings is 1. The van der Waals surface area contributed by atoms with E-state index in [1.807, 2.05) is 35.4 Å². The van der Waals surface area contributed by atoms with Crippen LogP contribution in [0, 0.1) is 5.92 Å². The SMILES string of the molecule is COc1ccccc1-n1cc(C[C@H]2NC(=O)c3cccnc3OCCOCCN(Cc3cnc[nH]3)CC3CCN(CC3)C2=O)nn1. The van der Waals surface area contributed by atoms with Crippen molar-refractivity contribution in [1.82, 2.24) is 45.1 Å². The molecule has 0 saturated carbocycles. The number of ether oxygens (including phenoxy) is 3. The van der Waals surface area contributed by atoms with E-state index >= 15 is 0 Å². The summed E-state index contributed by atoms with van der Waals surface area (Å²) in [4.78, 5) is 43.5. The number of hydrogen-bond acceptors (Lipinski definition) is 10. The first-order valence-corrected chi connectivity index (χ1v) is 15.6. The van der Waals surface area contributed by atoms with Gasteiger partial charge in [0.2, 0.25) is 11.8 Å². The largest absolute Gasteiger partial charge is 0.494 e. The lowest BCUT2D eigenvalue weighted by Gasteiger charge is -2.36. The van der Waals surface area contributed by atoms with Gasteiger partial charge in [-0.3, -0.25) is 14.5 Å². The molecule has 7 rings (SSSR count). The summed E-state index contributed by atoms with van der Waals surface area (Å²) < 4.78 is 18.8. The number of hydrogen-bond donors (Lipinski definition) is 2. The minimum absolute atomic E-state index is 0.155. The Hall–Kier alpha value is -4.82. The Morgan fingerprint density at radius 2 is 1.91 bits per heavy atom. The maximum Gasteiger partial charge on any atom is 0.257 e. The van der Waals surface area contributed by atoms with Crippen LogP contribution in [0.2, 0.25) is 0 Å². The van der Waals surface area contributed by atoms with Crippen molar-refractivity contribution in [3.05, 3.63) is 78.3 Å². The molecule has 0 unspecified atom stereocenters. The fraction of sp³-hybridized carbons (Fsp3) is 0.438. The van der Waals surface area contributed by atoms with Crippen LogP contribution in [0.5, 0.6) is 11.6 Å². The third-order valence-corrected chi connectivity index (χ3v) is 8.31. The van der Waals surface area contributed by atoms with Crippen LogP contribution in [0.25, 0.3) is 5.69 Å². The van der Waals surface area contributed by atoms with Gasteiger partial charge in [-0.15, -0.1) is 5.10 Å². The van der Waals surface area contributed by atoms with E-state index in [0.717, 1.165) is 38.2 Å². The van der Waals surface area contributed by atoms with E-state index < -0.39 is 11.9 Å². The highest BCUT2D eigenvalue weighted by Crippen LogP contribution is 2.23. The van der Waals surface area contributed by atoms with Crippen molar-refractivity contribution < 1.29 is 23.8 Å². The van der Waals surface area contributed by atoms with E-state index in [2.05, 4.69) is 35.5 Å². The maximum atomic E-state index is 14.1. The van der Waals surface area contributed by atoms with Crippen LogP contribution in [0.1, 0.15) is 34.6 Å². The van der Waals surface area contributed by atoms with Gasteiger partial charge in [0.05, 0.1) is 38.5 Å². The number of H-pyrrole nitrogens is 1. The fourth-order valence-corrected chi connectivity index (χ4v) is 5.91. The van der Waals surface area contributed by atoms with E-state index in [4.69, 9.17) is 14.2 Å². The number of methoxy groups -OCH3 is 1. The number of carbonyl (C=O) groups excluding carboxylic acids is 2. The van der Waals surface area contributed by atoms with Crippen molar-refractivity contribution in [2.75, 3.05) is 53.1 Å². The summed E-state index contributed by atoms with van der Waals surface area (Å²) in [7, 11) is 1.59. The van der Waals surface area contributed by atoms with Crippen LogP contribution in [-0.2, 0) is 22.5 Å². The minimum Gasteiger partial charge on any atom is -0.494 e. The molecule has 1 aromatic carbocycles. The molecule has 2 bridgehead atoms. The number of nitrogens with zero attached hydrogens (tertiary/aromatic N) is 7. The zero-order valence-electron chi connectivity index (χ0n) is 25.9. The normalized spacial score (nSPS) is 20.3. The minimum atomic E-state index is -0.876. The number of aromatic amines is 1. The monoisotopic (exact) mass is 629 g/mol. The molecule has 2 N–H and O–H groups in total. The number of pyridine rings is 1. The van der Waals surface area contributed by atoms with Gasteiger partial charge in [-0.25, -0.2) is 14.6 Å². The molecule has 46 heavy (non-hydrogen) atoms. The second kappa shape index (κ2) is 15.0. The number of amides is 2. The summed E-state index contributed by atoms with van der Waals surface area (Å²) >= 11 is 0. The summed E-state index contributed by atoms with van der Waals surface area (Å²) in [6.45, 7) is 4.66. The number of piperidine rings is 1. The van der Waals surface area contributed by atoms with Crippen molar-refractivity contribution in [3.63, 3.8) is 0 Å². The van der Waals surface area contributed by atoms with Gasteiger partial charge in [0.15, 0.2) is 0 Å². The van der Waals surface area contributed by atoms with Crippen molar-refractivity contribution in [3.8, 4) is 17.3 Å². The lowest BCUT2D eigenvalue weighted by atomic mass is 9.95. The lowest BCUT2D eigenvalue weighted by Crippen LogP contribution is -2.52. The first-order chi connectivity index (χ1) is 22.6. The van der Waals surface area contributed by atoms with Gasteiger partial charge in [-0.2, -0.15) is 0 Å². The van der Waals surface area contributed by atoms with E-state index in [9.17, 15) is 9.59 Å². The van der Waals surface area contributed by atoms with E-state index in [1.165, 1.54) is 0 Å². The third kappa shape index (κ3) is 7.69. The quantitative estimate of drug-likeness (QED) is 0.303. The molecule has 3 aliphatic rings. The number of rotatable bonds is 6. The molecule has 3 aliphatic heterocycles. The molecule has 0 radical (unpaired) electrons. The van der Waals surface area contributed by atoms with Gasteiger partial charge in [0.25, 0.3) is 5.91 Å². The standard InChI is InChI=1S/C32H39N9O5/c1-44-29-7-3-2-6-28(29)41-21-24(37-38-41)17-27-32(43)40-11-8-23(9-12-40)19-39(20-25-18-33-22-35-25)13-14-45-15-16-46-31-26(30(42)36-27)5-4-10-34-31/h2-7,10,18,21-23,27H,8-9,11-17,19-20H2,1H3,(H,33,35)(H,36,42)/t27-/m1/s1. The molecule has 3 aromatic heterocycles. The maximum absolute atomic E-state index is 14.1. The lowest BCUT2D eigenvalue weighted by molar-refractivity contribution is -0.134. The zero-order valence-corrected chi connectivity index (χ0v) is 25.9. The molecule has 6 heterocycles. The van der Waals surface area contributed by atoms with Crippen LogP contribution in [0.4, 0.5) is 0 Å². The Kier molecular flexibility index (Phi) is 10.1. The average molecular weight is 630 g/mol. The number of aromatic nitrogens is 6. The van der Waals surface area contributed by atoms with Crippen molar-refractivity contribution in [1.29, 1.82) is 0 Å². The fourth-order valence-electron chi connectivity index (χ4n) is 5.91. The molecule has 0 aliphatic carbocycles. The van der Waals surface area contributed by atoms with Crippen LogP contribution in [0.15, 0.2) is 61.3 Å². The van der Waals surface area contributed by atoms with Crippen molar-refractivity contribution in [2.24, 2.45) is 5.92 Å². The first kappa shape index (κ1) is 31.2. The number of para-hydroxylation sites is 2. The molecule has 1 atom stereocenters. The van der Waals surface area contributed by atoms with Gasteiger partial charge in [-0.05, 0) is 43.0 Å². The van der Waals surface area contributed by atoms with Gasteiger partial charge in [-0.1, -0.05) is 17.3 Å². The Balaban J connectivity index is 1.23. The zero-order chi connectivity index (χ0) is 31.7. The smallest absolute Gasteiger partial charge is 0.257 e. The Morgan fingerprint density at radius 3 is 2.74 bits per heavy atom. The summed E-state index contributed by atoms with van der Waals surface area (Å²) in [6.07, 6.45) is 8.72. The van der Waals surface area contributed by atoms with Crippen LogP contribution < -0.4 is 14.8 Å². The summed E-state index contributed by atoms with van der Waals surface area (Å²) in [5.74, 6) is 0.625. The number of imidazole rings is 1. The van der Waals surface area contributed by atoms with E-state index in [0.29, 0.717) is 49.4 Å². The van der Waals surface area contributed by atoms with E-state index in [-0.39, 0.29) is 30.4 Å². The molecular weight excluding hydrogens is 590 g/mol. The van der Waals surface area contributed by atoms with Gasteiger partial charge < -0.3 is 29.4 Å². The summed E-state index contributed by atoms with van der Waals surface area (Å²) in [5, 5.41) is 11.6. The Bertz CT molecular complexity index is 1590. The Morgan fingerprint density at radius 1 is 1.04 bits per heavy atom. The molecule has 14 heteroatoms. The van der Waals surface area contributed by atoms with Crippen molar-refractivity contribution >= 4 is 11.8 Å². The van der Waals surface area contributed by atoms with Gasteiger partial charge in [0.1, 0.15) is 29.6 Å². The second-order valence-electron chi connectivity index (χ2n) is 11.5. The molecule has 14 nitrogen and oxygen atoms in total. The van der Waals surface area contributed by atoms with E-state index in [1.54, 1.807) is 42.6 Å². The molecule has 242 valence electrons. The molecule has 1 fully saturated rings. The first-order valence-electron chi connectivity index (χ1n) is 15.6. The molecular formula is C32H39N9O5. The molecule has 4 aromatic rings. The van der Waals surface area contributed by atoms with Crippen LogP contribution >= 0.6 is 0 Å². The average Bonchev–Trinajstić information content (AvgIpc) is 3.78. The predicted molar refractivity (Wildman–Crippen MR) is 167 cm³/mol. The Labute approximate surface area is 267 Å². The van der Waals surface area contributed by atoms with Crippen molar-refractivity contribution in [2.45, 2.75) is 31.8 Å².